The molecule has 1 aromatic rings. The second-order valence-corrected chi connectivity index (χ2v) is 6.41. The molecule has 5 nitrogen and oxygen atoms in total. The maximum atomic E-state index is 11.8. The van der Waals surface area contributed by atoms with Crippen molar-refractivity contribution in [3.05, 3.63) is 24.4 Å². The Bertz CT molecular complexity index is 456. The van der Waals surface area contributed by atoms with E-state index in [0.29, 0.717) is 6.54 Å². The summed E-state index contributed by atoms with van der Waals surface area (Å²) >= 11 is 0. The summed E-state index contributed by atoms with van der Waals surface area (Å²) in [7, 11) is 0. The van der Waals surface area contributed by atoms with Crippen LogP contribution >= 0.6 is 0 Å². The van der Waals surface area contributed by atoms with Crippen LogP contribution in [0.25, 0.3) is 0 Å². The van der Waals surface area contributed by atoms with Gasteiger partial charge in [-0.3, -0.25) is 0 Å². The Morgan fingerprint density at radius 1 is 1.43 bits per heavy atom. The highest BCUT2D eigenvalue weighted by Crippen LogP contribution is 2.22. The normalized spacial score (nSPS) is 19.2. The molecular weight excluding hydrogens is 266 g/mol. The van der Waals surface area contributed by atoms with Gasteiger partial charge in [-0.15, -0.1) is 0 Å². The Balaban J connectivity index is 1.92. The fourth-order valence-electron chi connectivity index (χ4n) is 2.55. The summed E-state index contributed by atoms with van der Waals surface area (Å²) < 4.78 is 5.29. The van der Waals surface area contributed by atoms with Crippen molar-refractivity contribution in [1.29, 1.82) is 0 Å². The number of carbonyl (C=O) groups is 1. The zero-order valence-electron chi connectivity index (χ0n) is 13.1. The highest BCUT2D eigenvalue weighted by molar-refractivity contribution is 5.67. The summed E-state index contributed by atoms with van der Waals surface area (Å²) in [4.78, 5) is 18.5. The fourth-order valence-corrected chi connectivity index (χ4v) is 2.55. The van der Waals surface area contributed by atoms with E-state index in [0.717, 1.165) is 18.8 Å². The van der Waals surface area contributed by atoms with Gasteiger partial charge in [0.05, 0.1) is 0 Å². The number of carbonyl (C=O) groups excluding carboxylic acids is 1. The summed E-state index contributed by atoms with van der Waals surface area (Å²) in [5.41, 5.74) is -0.461. The number of ether oxygens (including phenoxy) is 1. The minimum Gasteiger partial charge on any atom is -0.444 e. The Hall–Kier alpha value is -1.78. The van der Waals surface area contributed by atoms with E-state index in [1.54, 1.807) is 0 Å². The first kappa shape index (κ1) is 15.6. The van der Waals surface area contributed by atoms with Gasteiger partial charge in [0, 0.05) is 25.3 Å². The lowest BCUT2D eigenvalue weighted by Crippen LogP contribution is -2.48. The molecule has 0 spiro atoms. The zero-order chi connectivity index (χ0) is 15.3. The molecule has 1 aromatic heterocycles. The van der Waals surface area contributed by atoms with Crippen molar-refractivity contribution < 1.29 is 9.53 Å². The van der Waals surface area contributed by atoms with Crippen molar-refractivity contribution >= 4 is 11.9 Å². The standard InChI is InChI=1S/C16H25N3O2/c1-16(2,3)21-15(20)18-12-13-8-5-7-11-19(13)14-9-4-6-10-17-14/h4,6,9-10,13H,5,7-8,11-12H2,1-3H3,(H,18,20)/t13-/m1/s1. The van der Waals surface area contributed by atoms with Crippen molar-refractivity contribution in [3.8, 4) is 0 Å². The monoisotopic (exact) mass is 291 g/mol. The average Bonchev–Trinajstić information content (AvgIpc) is 2.45. The van der Waals surface area contributed by atoms with Gasteiger partial charge in [0.2, 0.25) is 0 Å². The Kier molecular flexibility index (Phi) is 5.04. The van der Waals surface area contributed by atoms with Crippen LogP contribution in [0.15, 0.2) is 24.4 Å². The molecule has 2 heterocycles. The van der Waals surface area contributed by atoms with Gasteiger partial charge in [0.1, 0.15) is 11.4 Å². The predicted molar refractivity (Wildman–Crippen MR) is 83.5 cm³/mol. The highest BCUT2D eigenvalue weighted by Gasteiger charge is 2.24. The van der Waals surface area contributed by atoms with Crippen LogP contribution < -0.4 is 10.2 Å². The number of nitrogens with one attached hydrogen (secondary N) is 1. The lowest BCUT2D eigenvalue weighted by atomic mass is 10.0. The van der Waals surface area contributed by atoms with Gasteiger partial charge in [-0.1, -0.05) is 6.07 Å². The minimum atomic E-state index is -0.461. The number of hydrogen-bond donors (Lipinski definition) is 1. The number of hydrogen-bond acceptors (Lipinski definition) is 4. The molecule has 1 N–H and O–H groups in total. The predicted octanol–water partition coefficient (Wildman–Crippen LogP) is 2.97. The third kappa shape index (κ3) is 4.92. The highest BCUT2D eigenvalue weighted by atomic mass is 16.6. The molecule has 5 heteroatoms. The molecule has 116 valence electrons. The molecule has 1 amide bonds. The first-order chi connectivity index (χ1) is 9.96. The number of anilines is 1. The third-order valence-electron chi connectivity index (χ3n) is 3.45. The number of aromatic nitrogens is 1. The summed E-state index contributed by atoms with van der Waals surface area (Å²) in [6, 6.07) is 6.21. The van der Waals surface area contributed by atoms with Gasteiger partial charge in [-0.25, -0.2) is 9.78 Å². The maximum absolute atomic E-state index is 11.8. The summed E-state index contributed by atoms with van der Waals surface area (Å²) in [6.07, 6.45) is 4.87. The molecule has 1 aliphatic heterocycles. The largest absolute Gasteiger partial charge is 0.444 e. The van der Waals surface area contributed by atoms with Gasteiger partial charge < -0.3 is 15.0 Å². The lowest BCUT2D eigenvalue weighted by molar-refractivity contribution is 0.0523. The van der Waals surface area contributed by atoms with Gasteiger partial charge in [-0.05, 0) is 52.2 Å². The van der Waals surface area contributed by atoms with Crippen molar-refractivity contribution in [2.75, 3.05) is 18.0 Å². The number of piperidine rings is 1. The number of pyridine rings is 1. The molecule has 0 saturated carbocycles. The molecule has 0 unspecified atom stereocenters. The Morgan fingerprint density at radius 3 is 2.90 bits per heavy atom. The van der Waals surface area contributed by atoms with Crippen molar-refractivity contribution in [2.45, 2.75) is 51.7 Å². The van der Waals surface area contributed by atoms with E-state index in [4.69, 9.17) is 4.74 Å². The van der Waals surface area contributed by atoms with Crippen LogP contribution in [0.3, 0.4) is 0 Å². The fraction of sp³-hybridized carbons (Fsp3) is 0.625. The molecule has 0 radical (unpaired) electrons. The zero-order valence-corrected chi connectivity index (χ0v) is 13.1. The van der Waals surface area contributed by atoms with Gasteiger partial charge >= 0.3 is 6.09 Å². The summed E-state index contributed by atoms with van der Waals surface area (Å²) in [5.74, 6) is 0.980. The quantitative estimate of drug-likeness (QED) is 0.930. The molecule has 0 aliphatic carbocycles. The van der Waals surface area contributed by atoms with E-state index in [-0.39, 0.29) is 12.1 Å². The molecule has 1 saturated heterocycles. The maximum Gasteiger partial charge on any atom is 0.407 e. The topological polar surface area (TPSA) is 54.5 Å². The lowest BCUT2D eigenvalue weighted by Gasteiger charge is -2.36. The van der Waals surface area contributed by atoms with E-state index >= 15 is 0 Å². The number of nitrogens with zero attached hydrogens (tertiary/aromatic N) is 2. The molecule has 2 rings (SSSR count). The van der Waals surface area contributed by atoms with Gasteiger partial charge in [-0.2, -0.15) is 0 Å². The van der Waals surface area contributed by atoms with Crippen LogP contribution in [-0.4, -0.2) is 35.8 Å². The molecule has 1 aliphatic rings. The van der Waals surface area contributed by atoms with Crippen molar-refractivity contribution in [2.24, 2.45) is 0 Å². The van der Waals surface area contributed by atoms with Crippen LogP contribution in [0, 0.1) is 0 Å². The molecule has 0 aromatic carbocycles. The smallest absolute Gasteiger partial charge is 0.407 e. The first-order valence-corrected chi connectivity index (χ1v) is 7.60. The summed E-state index contributed by atoms with van der Waals surface area (Å²) in [5, 5.41) is 2.88. The van der Waals surface area contributed by atoms with E-state index in [1.165, 1.54) is 12.8 Å². The van der Waals surface area contributed by atoms with Crippen LogP contribution in [-0.2, 0) is 4.74 Å². The number of rotatable bonds is 3. The minimum absolute atomic E-state index is 0.279. The van der Waals surface area contributed by atoms with E-state index in [9.17, 15) is 4.79 Å². The summed E-state index contributed by atoms with van der Waals surface area (Å²) in [6.45, 7) is 7.18. The van der Waals surface area contributed by atoms with Crippen molar-refractivity contribution in [1.82, 2.24) is 10.3 Å². The second kappa shape index (κ2) is 6.78. The van der Waals surface area contributed by atoms with Crippen LogP contribution in [0.5, 0.6) is 0 Å². The van der Waals surface area contributed by atoms with E-state index in [2.05, 4.69) is 15.2 Å². The van der Waals surface area contributed by atoms with Crippen LogP contribution in [0.1, 0.15) is 40.0 Å². The third-order valence-corrected chi connectivity index (χ3v) is 3.45. The SMILES string of the molecule is CC(C)(C)OC(=O)NC[C@H]1CCCCN1c1ccccn1. The number of alkyl carbamates (subject to hydrolysis) is 1. The van der Waals surface area contributed by atoms with Crippen molar-refractivity contribution in [3.63, 3.8) is 0 Å². The Labute approximate surface area is 126 Å². The van der Waals surface area contributed by atoms with Gasteiger partial charge in [0.15, 0.2) is 0 Å². The second-order valence-electron chi connectivity index (χ2n) is 6.41. The Morgan fingerprint density at radius 2 is 2.24 bits per heavy atom. The van der Waals surface area contributed by atoms with Crippen LogP contribution in [0.4, 0.5) is 10.6 Å². The van der Waals surface area contributed by atoms with Crippen LogP contribution in [0.2, 0.25) is 0 Å². The first-order valence-electron chi connectivity index (χ1n) is 7.60. The molecule has 1 fully saturated rings. The molecule has 21 heavy (non-hydrogen) atoms. The average molecular weight is 291 g/mol. The van der Waals surface area contributed by atoms with Gasteiger partial charge in [0.25, 0.3) is 0 Å². The molecule has 1 atom stereocenters. The van der Waals surface area contributed by atoms with E-state index in [1.807, 2.05) is 45.2 Å². The number of amides is 1. The molecular formula is C16H25N3O2. The van der Waals surface area contributed by atoms with E-state index < -0.39 is 5.60 Å². The molecule has 0 bridgehead atoms.